The van der Waals surface area contributed by atoms with E-state index in [0.717, 1.165) is 39.0 Å². The summed E-state index contributed by atoms with van der Waals surface area (Å²) in [5.74, 6) is 0.819. The lowest BCUT2D eigenvalue weighted by atomic mass is 9.90. The molecule has 0 aromatic rings. The molecule has 0 radical (unpaired) electrons. The van der Waals surface area contributed by atoms with E-state index in [4.69, 9.17) is 0 Å². The first kappa shape index (κ1) is 18.4. The van der Waals surface area contributed by atoms with Gasteiger partial charge in [-0.2, -0.15) is 0 Å². The molecule has 0 saturated carbocycles. The van der Waals surface area contributed by atoms with Crippen LogP contribution in [0.3, 0.4) is 0 Å². The van der Waals surface area contributed by atoms with Crippen LogP contribution in [0, 0.1) is 5.92 Å². The second-order valence-corrected chi connectivity index (χ2v) is 6.52. The van der Waals surface area contributed by atoms with Crippen LogP contribution < -0.4 is 10.6 Å². The molecule has 4 nitrogen and oxygen atoms in total. The van der Waals surface area contributed by atoms with Crippen LogP contribution in [0.2, 0.25) is 0 Å². The topological polar surface area (TPSA) is 44.4 Å². The minimum atomic E-state index is 0.205. The molecule has 1 aliphatic heterocycles. The number of amides is 1. The number of hydrogen-bond donors (Lipinski definition) is 2. The second-order valence-electron chi connectivity index (χ2n) is 6.52. The predicted octanol–water partition coefficient (Wildman–Crippen LogP) is 2.39. The van der Waals surface area contributed by atoms with E-state index in [1.807, 2.05) is 0 Å². The third kappa shape index (κ3) is 7.28. The van der Waals surface area contributed by atoms with Gasteiger partial charge in [0.1, 0.15) is 0 Å². The zero-order valence-corrected chi connectivity index (χ0v) is 14.5. The molecule has 1 saturated heterocycles. The fourth-order valence-corrected chi connectivity index (χ4v) is 3.15. The first-order valence-electron chi connectivity index (χ1n) is 8.81. The van der Waals surface area contributed by atoms with Crippen LogP contribution in [-0.2, 0) is 4.79 Å². The summed E-state index contributed by atoms with van der Waals surface area (Å²) < 4.78 is 0. The maximum Gasteiger partial charge on any atom is 0.221 e. The summed E-state index contributed by atoms with van der Waals surface area (Å²) in [5, 5.41) is 6.64. The molecule has 124 valence electrons. The van der Waals surface area contributed by atoms with Crippen LogP contribution >= 0.6 is 0 Å². The summed E-state index contributed by atoms with van der Waals surface area (Å²) in [5.41, 5.74) is 0. The Morgan fingerprint density at radius 3 is 2.71 bits per heavy atom. The molecule has 0 aromatic carbocycles. The van der Waals surface area contributed by atoms with E-state index in [1.54, 1.807) is 0 Å². The van der Waals surface area contributed by atoms with E-state index < -0.39 is 0 Å². The molecular formula is C17H35N3O. The van der Waals surface area contributed by atoms with E-state index in [0.29, 0.717) is 18.4 Å². The molecule has 3 atom stereocenters. The largest absolute Gasteiger partial charge is 0.354 e. The van der Waals surface area contributed by atoms with Gasteiger partial charge in [-0.1, -0.05) is 20.8 Å². The summed E-state index contributed by atoms with van der Waals surface area (Å²) in [4.78, 5) is 14.5. The summed E-state index contributed by atoms with van der Waals surface area (Å²) in [6.07, 6.45) is 5.32. The first-order valence-corrected chi connectivity index (χ1v) is 8.81. The molecule has 1 aliphatic rings. The van der Waals surface area contributed by atoms with Gasteiger partial charge in [0.25, 0.3) is 0 Å². The number of piperidine rings is 1. The highest BCUT2D eigenvalue weighted by molar-refractivity contribution is 5.76. The number of nitrogens with one attached hydrogen (secondary N) is 2. The molecule has 0 bridgehead atoms. The summed E-state index contributed by atoms with van der Waals surface area (Å²) in [7, 11) is 0. The fourth-order valence-electron chi connectivity index (χ4n) is 3.15. The Balaban J connectivity index is 2.18. The van der Waals surface area contributed by atoms with Gasteiger partial charge in [-0.05, 0) is 64.7 Å². The van der Waals surface area contributed by atoms with Crippen molar-refractivity contribution in [3.63, 3.8) is 0 Å². The molecule has 3 unspecified atom stereocenters. The summed E-state index contributed by atoms with van der Waals surface area (Å²) in [6, 6.07) is 0.647. The molecule has 0 aromatic heterocycles. The molecule has 21 heavy (non-hydrogen) atoms. The van der Waals surface area contributed by atoms with Gasteiger partial charge in [0.05, 0.1) is 0 Å². The van der Waals surface area contributed by atoms with Crippen molar-refractivity contribution >= 4 is 5.91 Å². The molecule has 0 aliphatic carbocycles. The fraction of sp³-hybridized carbons (Fsp3) is 0.941. The van der Waals surface area contributed by atoms with E-state index in [1.165, 1.54) is 12.8 Å². The Morgan fingerprint density at radius 1 is 1.38 bits per heavy atom. The van der Waals surface area contributed by atoms with Gasteiger partial charge in [0.2, 0.25) is 5.91 Å². The highest BCUT2D eigenvalue weighted by Crippen LogP contribution is 2.17. The van der Waals surface area contributed by atoms with Crippen LogP contribution in [0.5, 0.6) is 0 Å². The van der Waals surface area contributed by atoms with E-state index in [9.17, 15) is 4.79 Å². The standard InChI is InChI=1S/C17H35N3O/c1-5-20(6-2)12-8-10-15(4)19-17(21)13-16-14(3)9-7-11-18-16/h14-16,18H,5-13H2,1-4H3,(H,19,21). The molecule has 1 amide bonds. The quantitative estimate of drug-likeness (QED) is 0.687. The third-order valence-corrected chi connectivity index (χ3v) is 4.75. The first-order chi connectivity index (χ1) is 10.1. The van der Waals surface area contributed by atoms with Crippen molar-refractivity contribution in [2.45, 2.75) is 71.9 Å². The molecule has 1 fully saturated rings. The zero-order chi connectivity index (χ0) is 15.7. The number of hydrogen-bond acceptors (Lipinski definition) is 3. The van der Waals surface area contributed by atoms with Crippen LogP contribution in [0.25, 0.3) is 0 Å². The van der Waals surface area contributed by atoms with Gasteiger partial charge in [-0.25, -0.2) is 0 Å². The lowest BCUT2D eigenvalue weighted by Gasteiger charge is -2.30. The number of carbonyl (C=O) groups is 1. The van der Waals surface area contributed by atoms with Gasteiger partial charge < -0.3 is 15.5 Å². The molecule has 1 heterocycles. The Hall–Kier alpha value is -0.610. The van der Waals surface area contributed by atoms with Gasteiger partial charge >= 0.3 is 0 Å². The molecular weight excluding hydrogens is 262 g/mol. The van der Waals surface area contributed by atoms with Crippen LogP contribution in [0.1, 0.15) is 59.8 Å². The highest BCUT2D eigenvalue weighted by Gasteiger charge is 2.23. The van der Waals surface area contributed by atoms with Gasteiger partial charge in [-0.3, -0.25) is 4.79 Å². The van der Waals surface area contributed by atoms with Crippen LogP contribution in [0.15, 0.2) is 0 Å². The van der Waals surface area contributed by atoms with Crippen molar-refractivity contribution in [1.82, 2.24) is 15.5 Å². The predicted molar refractivity (Wildman–Crippen MR) is 89.4 cm³/mol. The van der Waals surface area contributed by atoms with Gasteiger partial charge in [0.15, 0.2) is 0 Å². The SMILES string of the molecule is CCN(CC)CCCC(C)NC(=O)CC1NCCCC1C. The minimum absolute atomic E-state index is 0.205. The number of nitrogens with zero attached hydrogens (tertiary/aromatic N) is 1. The van der Waals surface area contributed by atoms with Gasteiger partial charge in [0, 0.05) is 18.5 Å². The van der Waals surface area contributed by atoms with Crippen molar-refractivity contribution in [1.29, 1.82) is 0 Å². The average molecular weight is 297 g/mol. The van der Waals surface area contributed by atoms with Crippen LogP contribution in [0.4, 0.5) is 0 Å². The van der Waals surface area contributed by atoms with Crippen LogP contribution in [-0.4, -0.2) is 49.1 Å². The highest BCUT2D eigenvalue weighted by atomic mass is 16.1. The number of carbonyl (C=O) groups excluding carboxylic acids is 1. The van der Waals surface area contributed by atoms with Gasteiger partial charge in [-0.15, -0.1) is 0 Å². The molecule has 0 spiro atoms. The third-order valence-electron chi connectivity index (χ3n) is 4.75. The van der Waals surface area contributed by atoms with Crippen molar-refractivity contribution in [2.24, 2.45) is 5.92 Å². The van der Waals surface area contributed by atoms with Crippen molar-refractivity contribution in [3.05, 3.63) is 0 Å². The smallest absolute Gasteiger partial charge is 0.221 e. The Labute approximate surface area is 131 Å². The normalized spacial score (nSPS) is 24.0. The summed E-state index contributed by atoms with van der Waals surface area (Å²) in [6.45, 7) is 13.2. The number of rotatable bonds is 9. The Kier molecular flexibility index (Phi) is 8.93. The van der Waals surface area contributed by atoms with E-state index in [-0.39, 0.29) is 11.9 Å². The molecule has 1 rings (SSSR count). The zero-order valence-electron chi connectivity index (χ0n) is 14.5. The lowest BCUT2D eigenvalue weighted by Crippen LogP contribution is -2.44. The second kappa shape index (κ2) is 10.2. The maximum atomic E-state index is 12.1. The summed E-state index contributed by atoms with van der Waals surface area (Å²) >= 11 is 0. The van der Waals surface area contributed by atoms with Crippen molar-refractivity contribution in [2.75, 3.05) is 26.2 Å². The molecule has 4 heteroatoms. The average Bonchev–Trinajstić information content (AvgIpc) is 2.46. The minimum Gasteiger partial charge on any atom is -0.354 e. The van der Waals surface area contributed by atoms with Crippen molar-refractivity contribution < 1.29 is 4.79 Å². The maximum absolute atomic E-state index is 12.1. The van der Waals surface area contributed by atoms with Crippen molar-refractivity contribution in [3.8, 4) is 0 Å². The Bertz CT molecular complexity index is 292. The van der Waals surface area contributed by atoms with E-state index in [2.05, 4.69) is 43.2 Å². The van der Waals surface area contributed by atoms with E-state index >= 15 is 0 Å². The lowest BCUT2D eigenvalue weighted by molar-refractivity contribution is -0.122. The monoisotopic (exact) mass is 297 g/mol. The molecule has 2 N–H and O–H groups in total. The Morgan fingerprint density at radius 2 is 2.10 bits per heavy atom.